The van der Waals surface area contributed by atoms with Gasteiger partial charge in [-0.15, -0.1) is 0 Å². The molecule has 1 aliphatic heterocycles. The Balaban J connectivity index is 1.82. The standard InChI is InChI=1S/C18H19ClN2O3/c19-14-7-4-8-15(16(14)21-9-11-24-12-10-21)20-18(23)17(22)13-5-2-1-3-6-13/h1-8,17,22H,9-12H2,(H,20,23). The SMILES string of the molecule is O=C(Nc1cccc(Cl)c1N1CCOCC1)C(O)c1ccccc1. The lowest BCUT2D eigenvalue weighted by molar-refractivity contribution is -0.124. The maximum absolute atomic E-state index is 12.4. The number of hydrogen-bond donors (Lipinski definition) is 2. The number of morpholine rings is 1. The van der Waals surface area contributed by atoms with E-state index in [2.05, 4.69) is 10.2 Å². The largest absolute Gasteiger partial charge is 0.378 e. The number of halogens is 1. The summed E-state index contributed by atoms with van der Waals surface area (Å²) in [5.74, 6) is -0.488. The molecule has 6 heteroatoms. The zero-order valence-electron chi connectivity index (χ0n) is 13.1. The predicted molar refractivity (Wildman–Crippen MR) is 94.5 cm³/mol. The smallest absolute Gasteiger partial charge is 0.257 e. The fraction of sp³-hybridized carbons (Fsp3) is 0.278. The van der Waals surface area contributed by atoms with Crippen LogP contribution in [0.1, 0.15) is 11.7 Å². The van der Waals surface area contributed by atoms with Gasteiger partial charge in [-0.2, -0.15) is 0 Å². The minimum absolute atomic E-state index is 0.488. The number of benzene rings is 2. The van der Waals surface area contributed by atoms with E-state index < -0.39 is 12.0 Å². The summed E-state index contributed by atoms with van der Waals surface area (Å²) >= 11 is 6.35. The Kier molecular flexibility index (Phi) is 5.35. The molecule has 2 aromatic rings. The van der Waals surface area contributed by atoms with Crippen molar-refractivity contribution in [2.24, 2.45) is 0 Å². The van der Waals surface area contributed by atoms with Crippen molar-refractivity contribution in [1.82, 2.24) is 0 Å². The van der Waals surface area contributed by atoms with Crippen LogP contribution in [0.5, 0.6) is 0 Å². The Morgan fingerprint density at radius 3 is 2.54 bits per heavy atom. The van der Waals surface area contributed by atoms with Crippen molar-refractivity contribution >= 4 is 28.9 Å². The number of amides is 1. The van der Waals surface area contributed by atoms with Gasteiger partial charge in [0.2, 0.25) is 0 Å². The summed E-state index contributed by atoms with van der Waals surface area (Å²) in [7, 11) is 0. The van der Waals surface area contributed by atoms with Crippen LogP contribution >= 0.6 is 11.6 Å². The molecule has 1 aliphatic rings. The van der Waals surface area contributed by atoms with Crippen LogP contribution in [-0.4, -0.2) is 37.3 Å². The van der Waals surface area contributed by atoms with E-state index >= 15 is 0 Å². The lowest BCUT2D eigenvalue weighted by Gasteiger charge is -2.31. The highest BCUT2D eigenvalue weighted by Crippen LogP contribution is 2.35. The zero-order valence-corrected chi connectivity index (χ0v) is 13.9. The topological polar surface area (TPSA) is 61.8 Å². The van der Waals surface area contributed by atoms with Gasteiger partial charge in [-0.05, 0) is 17.7 Å². The Hall–Kier alpha value is -2.08. The van der Waals surface area contributed by atoms with Crippen molar-refractivity contribution in [3.8, 4) is 0 Å². The van der Waals surface area contributed by atoms with E-state index in [1.807, 2.05) is 6.07 Å². The maximum Gasteiger partial charge on any atom is 0.257 e. The second-order valence-corrected chi connectivity index (χ2v) is 5.95. The van der Waals surface area contributed by atoms with Gasteiger partial charge in [0.05, 0.1) is 29.6 Å². The molecule has 2 aromatic carbocycles. The first kappa shape index (κ1) is 16.8. The van der Waals surface area contributed by atoms with Crippen molar-refractivity contribution in [2.45, 2.75) is 6.10 Å². The third kappa shape index (κ3) is 3.70. The highest BCUT2D eigenvalue weighted by molar-refractivity contribution is 6.34. The molecule has 2 N–H and O–H groups in total. The second kappa shape index (κ2) is 7.66. The van der Waals surface area contributed by atoms with Gasteiger partial charge in [0, 0.05) is 13.1 Å². The number of carbonyl (C=O) groups excluding carboxylic acids is 1. The summed E-state index contributed by atoms with van der Waals surface area (Å²) in [5, 5.41) is 13.6. The van der Waals surface area contributed by atoms with Crippen LogP contribution in [0.3, 0.4) is 0 Å². The molecule has 0 saturated carbocycles. The lowest BCUT2D eigenvalue weighted by Crippen LogP contribution is -2.37. The highest BCUT2D eigenvalue weighted by Gasteiger charge is 2.22. The van der Waals surface area contributed by atoms with E-state index in [0.717, 1.165) is 5.69 Å². The molecule has 1 heterocycles. The van der Waals surface area contributed by atoms with Crippen molar-refractivity contribution in [2.75, 3.05) is 36.5 Å². The number of ether oxygens (including phenoxy) is 1. The summed E-state index contributed by atoms with van der Waals surface area (Å²) in [5.41, 5.74) is 1.89. The summed E-state index contributed by atoms with van der Waals surface area (Å²) in [6, 6.07) is 14.2. The van der Waals surface area contributed by atoms with Gasteiger partial charge >= 0.3 is 0 Å². The first-order valence-electron chi connectivity index (χ1n) is 7.82. The molecule has 1 fully saturated rings. The maximum atomic E-state index is 12.4. The van der Waals surface area contributed by atoms with E-state index in [4.69, 9.17) is 16.3 Å². The third-order valence-corrected chi connectivity index (χ3v) is 4.24. The van der Waals surface area contributed by atoms with Gasteiger partial charge < -0.3 is 20.1 Å². The molecule has 1 amide bonds. The molecule has 1 unspecified atom stereocenters. The van der Waals surface area contributed by atoms with Gasteiger partial charge in [-0.25, -0.2) is 0 Å². The van der Waals surface area contributed by atoms with Gasteiger partial charge in [0.15, 0.2) is 6.10 Å². The molecular weight excluding hydrogens is 328 g/mol. The predicted octanol–water partition coefficient (Wildman–Crippen LogP) is 2.85. The Bertz CT molecular complexity index is 703. The molecule has 24 heavy (non-hydrogen) atoms. The van der Waals surface area contributed by atoms with E-state index in [1.54, 1.807) is 42.5 Å². The lowest BCUT2D eigenvalue weighted by atomic mass is 10.1. The number of nitrogens with zero attached hydrogens (tertiary/aromatic N) is 1. The quantitative estimate of drug-likeness (QED) is 0.893. The monoisotopic (exact) mass is 346 g/mol. The molecule has 1 atom stereocenters. The molecule has 0 aromatic heterocycles. The Morgan fingerprint density at radius 1 is 1.12 bits per heavy atom. The van der Waals surface area contributed by atoms with Crippen LogP contribution in [-0.2, 0) is 9.53 Å². The van der Waals surface area contributed by atoms with Crippen LogP contribution in [0.25, 0.3) is 0 Å². The number of nitrogens with one attached hydrogen (secondary N) is 1. The first-order chi connectivity index (χ1) is 11.7. The minimum atomic E-state index is -1.23. The first-order valence-corrected chi connectivity index (χ1v) is 8.19. The molecule has 1 saturated heterocycles. The van der Waals surface area contributed by atoms with Gasteiger partial charge in [0.1, 0.15) is 0 Å². The summed E-state index contributed by atoms with van der Waals surface area (Å²) < 4.78 is 5.37. The van der Waals surface area contributed by atoms with Crippen LogP contribution in [0.15, 0.2) is 48.5 Å². The number of carbonyl (C=O) groups is 1. The number of anilines is 2. The zero-order chi connectivity index (χ0) is 16.9. The summed E-state index contributed by atoms with van der Waals surface area (Å²) in [6.45, 7) is 2.64. The highest BCUT2D eigenvalue weighted by atomic mass is 35.5. The normalized spacial score (nSPS) is 15.8. The van der Waals surface area contributed by atoms with Gasteiger partial charge in [-0.1, -0.05) is 48.0 Å². The molecular formula is C18H19ClN2O3. The number of aliphatic hydroxyl groups excluding tert-OH is 1. The van der Waals surface area contributed by atoms with Crippen LogP contribution in [0, 0.1) is 0 Å². The van der Waals surface area contributed by atoms with E-state index in [9.17, 15) is 9.90 Å². The molecule has 0 aliphatic carbocycles. The number of rotatable bonds is 4. The van der Waals surface area contributed by atoms with Crippen molar-refractivity contribution in [1.29, 1.82) is 0 Å². The molecule has 0 radical (unpaired) electrons. The van der Waals surface area contributed by atoms with Crippen molar-refractivity contribution in [3.05, 3.63) is 59.1 Å². The minimum Gasteiger partial charge on any atom is -0.378 e. The molecule has 0 spiro atoms. The van der Waals surface area contributed by atoms with E-state index in [1.165, 1.54) is 0 Å². The van der Waals surface area contributed by atoms with Crippen LogP contribution < -0.4 is 10.2 Å². The molecule has 5 nitrogen and oxygen atoms in total. The Morgan fingerprint density at radius 2 is 1.83 bits per heavy atom. The summed E-state index contributed by atoms with van der Waals surface area (Å²) in [4.78, 5) is 14.5. The van der Waals surface area contributed by atoms with Crippen LogP contribution in [0.4, 0.5) is 11.4 Å². The van der Waals surface area contributed by atoms with Crippen LogP contribution in [0.2, 0.25) is 5.02 Å². The third-order valence-electron chi connectivity index (χ3n) is 3.94. The molecule has 0 bridgehead atoms. The van der Waals surface area contributed by atoms with E-state index in [0.29, 0.717) is 42.6 Å². The van der Waals surface area contributed by atoms with E-state index in [-0.39, 0.29) is 0 Å². The van der Waals surface area contributed by atoms with Gasteiger partial charge in [-0.3, -0.25) is 4.79 Å². The van der Waals surface area contributed by atoms with Crippen molar-refractivity contribution in [3.63, 3.8) is 0 Å². The van der Waals surface area contributed by atoms with Crippen molar-refractivity contribution < 1.29 is 14.6 Å². The molecule has 126 valence electrons. The average Bonchev–Trinajstić information content (AvgIpc) is 2.62. The second-order valence-electron chi connectivity index (χ2n) is 5.54. The number of para-hydroxylation sites is 1. The Labute approximate surface area is 145 Å². The average molecular weight is 347 g/mol. The fourth-order valence-corrected chi connectivity index (χ4v) is 3.01. The summed E-state index contributed by atoms with van der Waals surface area (Å²) in [6.07, 6.45) is -1.23. The number of hydrogen-bond acceptors (Lipinski definition) is 4. The molecule has 3 rings (SSSR count). The fourth-order valence-electron chi connectivity index (χ4n) is 2.71. The number of aliphatic hydroxyl groups is 1. The van der Waals surface area contributed by atoms with Gasteiger partial charge in [0.25, 0.3) is 5.91 Å².